The zero-order valence-electron chi connectivity index (χ0n) is 46.5. The number of hydrogen-bond acceptors (Lipinski definition) is 13. The Hall–Kier alpha value is -3.17. The highest BCUT2D eigenvalue weighted by atomic mass is 33.1. The van der Waals surface area contributed by atoms with Gasteiger partial charge in [-0.1, -0.05) is 237 Å². The fourth-order valence-electron chi connectivity index (χ4n) is 7.83. The van der Waals surface area contributed by atoms with Crippen molar-refractivity contribution in [2.45, 2.75) is 238 Å². The maximum absolute atomic E-state index is 12.8. The summed E-state index contributed by atoms with van der Waals surface area (Å²) < 4.78 is 0. The van der Waals surface area contributed by atoms with E-state index in [1.807, 2.05) is 0 Å². The molecule has 0 spiro atoms. The number of nitrogens with zero attached hydrogens (tertiary/aromatic N) is 3. The van der Waals surface area contributed by atoms with Crippen molar-refractivity contribution in [3.05, 3.63) is 0 Å². The second-order valence-electron chi connectivity index (χ2n) is 19.2. The summed E-state index contributed by atoms with van der Waals surface area (Å²) in [5.74, 6) is -1.52. The molecule has 0 aliphatic heterocycles. The molecule has 0 rings (SSSR count). The van der Waals surface area contributed by atoms with E-state index in [9.17, 15) is 28.8 Å². The van der Waals surface area contributed by atoms with Crippen molar-refractivity contribution < 1.29 is 28.8 Å². The Morgan fingerprint density at radius 1 is 0.400 bits per heavy atom. The summed E-state index contributed by atoms with van der Waals surface area (Å²) in [6.07, 6.45) is 44.9. The van der Waals surface area contributed by atoms with Crippen molar-refractivity contribution in [1.82, 2.24) is 32.1 Å². The van der Waals surface area contributed by atoms with Gasteiger partial charge in [0.15, 0.2) is 5.96 Å². The molecule has 0 aromatic heterocycles. The third kappa shape index (κ3) is 55.4. The largest absolute Gasteiger partial charge is 0.370 e. The molecule has 0 unspecified atom stereocenters. The summed E-state index contributed by atoms with van der Waals surface area (Å²) in [5, 5.41) is 18.9. The molecule has 10 N–H and O–H groups in total. The number of hydrogen-bond donors (Lipinski definition) is 8. The molecule has 0 aromatic carbocycles. The molecule has 1 atom stereocenters. The quantitative estimate of drug-likeness (QED) is 0.00930. The Labute approximate surface area is 469 Å². The topological polar surface area (TPSA) is 264 Å². The van der Waals surface area contributed by atoms with Gasteiger partial charge < -0.3 is 32.7 Å². The molecule has 0 saturated heterocycles. The number of guanidine groups is 1. The van der Waals surface area contributed by atoms with Gasteiger partial charge >= 0.3 is 0 Å². The molecule has 0 aliphatic rings. The average Bonchev–Trinajstić information content (AvgIpc) is 3.39. The molecular formula is C54H103N11O6S4. The van der Waals surface area contributed by atoms with E-state index in [2.05, 4.69) is 61.2 Å². The molecule has 6 amide bonds. The van der Waals surface area contributed by atoms with Gasteiger partial charge in [0.2, 0.25) is 23.6 Å². The second kappa shape index (κ2) is 57.0. The lowest BCUT2D eigenvalue weighted by molar-refractivity contribution is -0.124. The fourth-order valence-corrected chi connectivity index (χ4v) is 11.2. The van der Waals surface area contributed by atoms with Crippen LogP contribution in [0.5, 0.6) is 0 Å². The van der Waals surface area contributed by atoms with E-state index in [4.69, 9.17) is 11.5 Å². The Morgan fingerprint density at radius 3 is 1.03 bits per heavy atom. The van der Waals surface area contributed by atoms with Gasteiger partial charge in [-0.05, 0) is 32.1 Å². The van der Waals surface area contributed by atoms with Gasteiger partial charge in [0.1, 0.15) is 6.04 Å². The van der Waals surface area contributed by atoms with Gasteiger partial charge in [0, 0.05) is 45.0 Å². The fraction of sp³-hybridized carbons (Fsp3) is 0.833. The van der Waals surface area contributed by atoms with Crippen LogP contribution in [-0.2, 0) is 28.8 Å². The van der Waals surface area contributed by atoms with Crippen LogP contribution in [0.1, 0.15) is 232 Å². The number of amides is 6. The summed E-state index contributed by atoms with van der Waals surface area (Å²) in [4.78, 5) is 77.8. The standard InChI is InChI=1S/C54H103N11O6S4/c1-3-5-7-9-11-13-15-17-19-21-23-25-27-29-31-33-37-61-64-51(69)45-74-72-43-49(67)58-40-39-57-48(66)36-35-47(63-54(55)56)53(71)60-42-41-59-50(68)44-73-75-46-52(70)65-62-38-34-32-30-28-26-24-22-20-18-16-14-12-10-8-6-4-2/h37-38,47H,3-36,39-46H2,1-2H3,(H,57,66)(H,58,67)(H,59,68)(H,60,71)(H,64,69)(H,65,70)(H4,55,56,63)/b61-37-,62-38-/t47-/m0/s1. The number of unbranched alkanes of at least 4 members (excludes halogenated alkanes) is 30. The van der Waals surface area contributed by atoms with E-state index in [1.54, 1.807) is 12.4 Å². The predicted molar refractivity (Wildman–Crippen MR) is 323 cm³/mol. The Morgan fingerprint density at radius 2 is 0.693 bits per heavy atom. The van der Waals surface area contributed by atoms with Crippen LogP contribution in [0.25, 0.3) is 0 Å². The van der Waals surface area contributed by atoms with Crippen LogP contribution in [0.15, 0.2) is 15.2 Å². The van der Waals surface area contributed by atoms with Crippen LogP contribution in [-0.4, -0.2) is 109 Å². The van der Waals surface area contributed by atoms with E-state index in [1.165, 1.54) is 223 Å². The third-order valence-electron chi connectivity index (χ3n) is 12.1. The Bertz CT molecular complexity index is 1530. The third-order valence-corrected chi connectivity index (χ3v) is 16.4. The molecule has 0 aromatic rings. The van der Waals surface area contributed by atoms with Crippen LogP contribution in [0.4, 0.5) is 0 Å². The minimum atomic E-state index is -1.01. The highest BCUT2D eigenvalue weighted by Crippen LogP contribution is 2.21. The molecule has 434 valence electrons. The summed E-state index contributed by atoms with van der Waals surface area (Å²) in [5.41, 5.74) is 16.1. The van der Waals surface area contributed by atoms with Gasteiger partial charge in [-0.2, -0.15) is 10.2 Å². The number of rotatable bonds is 55. The first-order valence-corrected chi connectivity index (χ1v) is 33.8. The Kier molecular flexibility index (Phi) is 54.6. The number of nitrogens with one attached hydrogen (secondary N) is 6. The molecule has 0 bridgehead atoms. The predicted octanol–water partition coefficient (Wildman–Crippen LogP) is 10.4. The van der Waals surface area contributed by atoms with Crippen LogP contribution < -0.4 is 43.6 Å². The summed E-state index contributed by atoms with van der Waals surface area (Å²) >= 11 is 0. The number of carbonyl (C=O) groups excluding carboxylic acids is 6. The lowest BCUT2D eigenvalue weighted by Gasteiger charge is -2.14. The summed E-state index contributed by atoms with van der Waals surface area (Å²) in [7, 11) is 5.01. The highest BCUT2D eigenvalue weighted by Gasteiger charge is 2.19. The van der Waals surface area contributed by atoms with E-state index in [0.29, 0.717) is 0 Å². The zero-order chi connectivity index (χ0) is 54.9. The van der Waals surface area contributed by atoms with E-state index >= 15 is 0 Å². The van der Waals surface area contributed by atoms with E-state index in [0.717, 1.165) is 25.7 Å². The molecule has 0 aliphatic carbocycles. The van der Waals surface area contributed by atoms with Crippen molar-refractivity contribution in [2.24, 2.45) is 26.7 Å². The molecule has 0 heterocycles. The minimum Gasteiger partial charge on any atom is -0.370 e. The number of carbonyl (C=O) groups is 6. The minimum absolute atomic E-state index is 0.0346. The summed E-state index contributed by atoms with van der Waals surface area (Å²) in [6, 6.07) is -1.01. The molecule has 17 nitrogen and oxygen atoms in total. The average molecular weight is 1130 g/mol. The SMILES string of the molecule is CCCCCCCCCCCCCCCCC/C=N\NC(=O)CSSCC(=O)NCCNC(=O)CC[C@H](N=C(N)N)C(=O)NCCNC(=O)CSSCC(=O)N/N=C\CCCCCCCCCCCCCCCCC. The van der Waals surface area contributed by atoms with Gasteiger partial charge in [-0.15, -0.1) is 0 Å². The maximum atomic E-state index is 12.8. The first-order valence-electron chi connectivity index (χ1n) is 28.8. The number of hydrazone groups is 2. The first kappa shape index (κ1) is 71.8. The summed E-state index contributed by atoms with van der Waals surface area (Å²) in [6.45, 7) is 5.18. The monoisotopic (exact) mass is 1130 g/mol. The molecule has 0 fully saturated rings. The van der Waals surface area contributed by atoms with E-state index < -0.39 is 11.9 Å². The normalized spacial score (nSPS) is 11.7. The van der Waals surface area contributed by atoms with Crippen LogP contribution >= 0.6 is 43.2 Å². The molecule has 75 heavy (non-hydrogen) atoms. The van der Waals surface area contributed by atoms with Crippen LogP contribution in [0, 0.1) is 0 Å². The van der Waals surface area contributed by atoms with Gasteiger partial charge in [-0.3, -0.25) is 28.8 Å². The van der Waals surface area contributed by atoms with Crippen molar-refractivity contribution >= 4 is 97.0 Å². The second-order valence-corrected chi connectivity index (χ2v) is 24.1. The van der Waals surface area contributed by atoms with Crippen molar-refractivity contribution in [1.29, 1.82) is 0 Å². The van der Waals surface area contributed by atoms with Crippen LogP contribution in [0.2, 0.25) is 0 Å². The molecule has 0 radical (unpaired) electrons. The maximum Gasteiger partial charge on any atom is 0.250 e. The van der Waals surface area contributed by atoms with Gasteiger partial charge in [0.05, 0.1) is 23.0 Å². The molecular weight excluding hydrogens is 1030 g/mol. The first-order chi connectivity index (χ1) is 36.6. The van der Waals surface area contributed by atoms with E-state index in [-0.39, 0.29) is 97.5 Å². The molecule has 0 saturated carbocycles. The highest BCUT2D eigenvalue weighted by molar-refractivity contribution is 8.77. The van der Waals surface area contributed by atoms with Gasteiger partial charge in [0.25, 0.3) is 11.8 Å². The number of nitrogens with two attached hydrogens (primary N) is 2. The lowest BCUT2D eigenvalue weighted by atomic mass is 10.0. The van der Waals surface area contributed by atoms with Crippen molar-refractivity contribution in [2.75, 3.05) is 49.2 Å². The lowest BCUT2D eigenvalue weighted by Crippen LogP contribution is -2.41. The zero-order valence-corrected chi connectivity index (χ0v) is 49.8. The Balaban J connectivity index is 3.86. The molecule has 21 heteroatoms. The van der Waals surface area contributed by atoms with Crippen LogP contribution in [0.3, 0.4) is 0 Å². The van der Waals surface area contributed by atoms with Crippen molar-refractivity contribution in [3.8, 4) is 0 Å². The number of aliphatic imine (C=N–C) groups is 1. The van der Waals surface area contributed by atoms with Crippen molar-refractivity contribution in [3.63, 3.8) is 0 Å². The van der Waals surface area contributed by atoms with Gasteiger partial charge in [-0.25, -0.2) is 15.8 Å². The smallest absolute Gasteiger partial charge is 0.250 e.